The van der Waals surface area contributed by atoms with Crippen LogP contribution in [0.5, 0.6) is 0 Å². The first kappa shape index (κ1) is 6.85. The average Bonchev–Trinajstić information content (AvgIpc) is 2.36. The molecule has 0 bridgehead atoms. The average molecular weight is 166 g/mol. The van der Waals surface area contributed by atoms with Gasteiger partial charge in [-0.2, -0.15) is 0 Å². The van der Waals surface area contributed by atoms with E-state index in [-0.39, 0.29) is 0 Å². The summed E-state index contributed by atoms with van der Waals surface area (Å²) in [6.45, 7) is 3.06. The van der Waals surface area contributed by atoms with Crippen LogP contribution in [0.4, 0.5) is 5.69 Å². The zero-order valence-electron chi connectivity index (χ0n) is 6.66. The topological polar surface area (TPSA) is 15.6 Å². The molecule has 2 heterocycles. The van der Waals surface area contributed by atoms with Crippen LogP contribution >= 0.6 is 11.3 Å². The molecule has 0 aliphatic carbocycles. The van der Waals surface area contributed by atoms with Crippen LogP contribution in [0.2, 0.25) is 0 Å². The van der Waals surface area contributed by atoms with Gasteiger partial charge >= 0.3 is 0 Å². The monoisotopic (exact) mass is 166 g/mol. The molecule has 0 radical (unpaired) electrons. The zero-order valence-corrected chi connectivity index (χ0v) is 7.48. The van der Waals surface area contributed by atoms with E-state index >= 15 is 0 Å². The minimum absolute atomic E-state index is 1.02. The summed E-state index contributed by atoms with van der Waals surface area (Å²) in [5.74, 6) is 1.11. The molecule has 1 aromatic heterocycles. The maximum absolute atomic E-state index is 4.44. The van der Waals surface area contributed by atoms with E-state index < -0.39 is 0 Å². The Hall–Kier alpha value is -0.830. The predicted molar refractivity (Wildman–Crippen MR) is 48.6 cm³/mol. The molecular formula is C8H10N2S. The summed E-state index contributed by atoms with van der Waals surface area (Å²) < 4.78 is 0. The summed E-state index contributed by atoms with van der Waals surface area (Å²) in [6.07, 6.45) is 0. The largest absolute Gasteiger partial charge is 0.358 e. The maximum atomic E-state index is 4.44. The lowest BCUT2D eigenvalue weighted by atomic mass is 10.3. The Morgan fingerprint density at radius 2 is 2.45 bits per heavy atom. The summed E-state index contributed by atoms with van der Waals surface area (Å²) in [5, 5.41) is 2.10. The number of rotatable bonds is 0. The van der Waals surface area contributed by atoms with E-state index in [9.17, 15) is 0 Å². The third-order valence-electron chi connectivity index (χ3n) is 1.94. The Kier molecular flexibility index (Phi) is 1.46. The molecule has 0 fully saturated rings. The highest BCUT2D eigenvalue weighted by molar-refractivity contribution is 7.10. The number of amidine groups is 1. The predicted octanol–water partition coefficient (Wildman–Crippen LogP) is 2.24. The Labute approximate surface area is 70.2 Å². The molecule has 1 aliphatic heterocycles. The lowest BCUT2D eigenvalue weighted by molar-refractivity contribution is 0.496. The van der Waals surface area contributed by atoms with Gasteiger partial charge in [-0.3, -0.25) is 0 Å². The van der Waals surface area contributed by atoms with Crippen LogP contribution in [0, 0.1) is 0 Å². The van der Waals surface area contributed by atoms with Gasteiger partial charge in [0.05, 0.1) is 12.2 Å². The molecule has 58 valence electrons. The van der Waals surface area contributed by atoms with Crippen molar-refractivity contribution in [1.29, 1.82) is 0 Å². The summed E-state index contributed by atoms with van der Waals surface area (Å²) in [4.78, 5) is 7.98. The highest BCUT2D eigenvalue weighted by Crippen LogP contribution is 2.29. The van der Waals surface area contributed by atoms with Crippen molar-refractivity contribution in [2.75, 3.05) is 7.05 Å². The number of fused-ring (bicyclic) bond motifs is 1. The van der Waals surface area contributed by atoms with Gasteiger partial charge < -0.3 is 4.90 Å². The van der Waals surface area contributed by atoms with Crippen LogP contribution in [0.15, 0.2) is 16.4 Å². The number of hydrogen-bond acceptors (Lipinski definition) is 3. The zero-order chi connectivity index (χ0) is 7.84. The molecule has 0 spiro atoms. The van der Waals surface area contributed by atoms with Gasteiger partial charge in [0.1, 0.15) is 5.84 Å². The smallest absolute Gasteiger partial charge is 0.102 e. The van der Waals surface area contributed by atoms with Crippen molar-refractivity contribution >= 4 is 22.9 Å². The van der Waals surface area contributed by atoms with Crippen molar-refractivity contribution in [1.82, 2.24) is 4.90 Å². The van der Waals surface area contributed by atoms with Crippen LogP contribution in [0.1, 0.15) is 11.8 Å². The van der Waals surface area contributed by atoms with Crippen molar-refractivity contribution in [3.63, 3.8) is 0 Å². The second-order valence-corrected chi connectivity index (χ2v) is 3.74. The maximum Gasteiger partial charge on any atom is 0.102 e. The van der Waals surface area contributed by atoms with Crippen molar-refractivity contribution in [2.45, 2.75) is 13.5 Å². The second-order valence-electron chi connectivity index (χ2n) is 2.74. The normalized spacial score (nSPS) is 16.2. The molecule has 0 unspecified atom stereocenters. The number of hydrogen-bond donors (Lipinski definition) is 0. The molecule has 0 saturated carbocycles. The minimum Gasteiger partial charge on any atom is -0.358 e. The first-order chi connectivity index (χ1) is 5.27. The Balaban J connectivity index is 2.47. The second kappa shape index (κ2) is 2.34. The fraction of sp³-hybridized carbons (Fsp3) is 0.375. The van der Waals surface area contributed by atoms with Crippen LogP contribution in [0.25, 0.3) is 0 Å². The van der Waals surface area contributed by atoms with Gasteiger partial charge in [-0.1, -0.05) is 0 Å². The van der Waals surface area contributed by atoms with Gasteiger partial charge in [-0.25, -0.2) is 4.99 Å². The van der Waals surface area contributed by atoms with Gasteiger partial charge in [0.15, 0.2) is 0 Å². The minimum atomic E-state index is 1.02. The summed E-state index contributed by atoms with van der Waals surface area (Å²) in [7, 11) is 2.07. The molecular weight excluding hydrogens is 156 g/mol. The summed E-state index contributed by atoms with van der Waals surface area (Å²) in [6, 6.07) is 2.08. The van der Waals surface area contributed by atoms with Gasteiger partial charge in [0, 0.05) is 11.9 Å². The first-order valence-electron chi connectivity index (χ1n) is 3.60. The van der Waals surface area contributed by atoms with E-state index in [0.29, 0.717) is 0 Å². The van der Waals surface area contributed by atoms with Crippen molar-refractivity contribution < 1.29 is 0 Å². The highest BCUT2D eigenvalue weighted by Gasteiger charge is 2.13. The molecule has 0 N–H and O–H groups in total. The third-order valence-corrected chi connectivity index (χ3v) is 2.83. The van der Waals surface area contributed by atoms with E-state index in [1.165, 1.54) is 4.88 Å². The fourth-order valence-electron chi connectivity index (χ4n) is 1.14. The van der Waals surface area contributed by atoms with Crippen molar-refractivity contribution in [2.24, 2.45) is 4.99 Å². The van der Waals surface area contributed by atoms with Crippen LogP contribution in [0.3, 0.4) is 0 Å². The molecule has 11 heavy (non-hydrogen) atoms. The first-order valence-corrected chi connectivity index (χ1v) is 4.48. The number of aliphatic imine (C=N–C) groups is 1. The van der Waals surface area contributed by atoms with E-state index in [2.05, 4.69) is 28.4 Å². The lowest BCUT2D eigenvalue weighted by Gasteiger charge is -2.22. The Morgan fingerprint density at radius 1 is 1.64 bits per heavy atom. The third kappa shape index (κ3) is 1.05. The molecule has 1 aromatic rings. The van der Waals surface area contributed by atoms with E-state index in [4.69, 9.17) is 0 Å². The van der Waals surface area contributed by atoms with E-state index in [1.807, 2.05) is 6.92 Å². The molecule has 2 rings (SSSR count). The molecule has 2 nitrogen and oxygen atoms in total. The fourth-order valence-corrected chi connectivity index (χ4v) is 2.01. The van der Waals surface area contributed by atoms with Gasteiger partial charge in [-0.15, -0.1) is 11.3 Å². The quantitative estimate of drug-likeness (QED) is 0.577. The number of thiophene rings is 1. The van der Waals surface area contributed by atoms with Gasteiger partial charge in [-0.05, 0) is 18.4 Å². The Morgan fingerprint density at radius 3 is 3.27 bits per heavy atom. The standard InChI is InChI=1S/C8H10N2S/c1-6-9-7-3-4-11-8(7)5-10(6)2/h3-4H,5H2,1-2H3. The van der Waals surface area contributed by atoms with E-state index in [1.54, 1.807) is 11.3 Å². The molecule has 0 amide bonds. The van der Waals surface area contributed by atoms with Crippen LogP contribution < -0.4 is 0 Å². The molecule has 3 heteroatoms. The summed E-state index contributed by atoms with van der Waals surface area (Å²) in [5.41, 5.74) is 1.16. The number of nitrogens with zero attached hydrogens (tertiary/aromatic N) is 2. The van der Waals surface area contributed by atoms with Crippen molar-refractivity contribution in [3.8, 4) is 0 Å². The Bertz CT molecular complexity index is 301. The van der Waals surface area contributed by atoms with Crippen LogP contribution in [-0.2, 0) is 6.54 Å². The summed E-state index contributed by atoms with van der Waals surface area (Å²) >= 11 is 1.78. The van der Waals surface area contributed by atoms with Crippen molar-refractivity contribution in [3.05, 3.63) is 16.3 Å². The lowest BCUT2D eigenvalue weighted by Crippen LogP contribution is -2.25. The SMILES string of the molecule is CC1=Nc2ccsc2CN1C. The highest BCUT2D eigenvalue weighted by atomic mass is 32.1. The van der Waals surface area contributed by atoms with Gasteiger partial charge in [0.25, 0.3) is 0 Å². The molecule has 0 saturated heterocycles. The molecule has 1 aliphatic rings. The van der Waals surface area contributed by atoms with E-state index in [0.717, 1.165) is 18.1 Å². The van der Waals surface area contributed by atoms with Crippen LogP contribution in [-0.4, -0.2) is 17.8 Å². The van der Waals surface area contributed by atoms with Gasteiger partial charge in [0.2, 0.25) is 0 Å². The molecule has 0 aromatic carbocycles. The molecule has 0 atom stereocenters.